The highest BCUT2D eigenvalue weighted by molar-refractivity contribution is 5.95. The molecule has 0 radical (unpaired) electrons. The van der Waals surface area contributed by atoms with Crippen LogP contribution in [0.1, 0.15) is 83.4 Å². The van der Waals surface area contributed by atoms with Gasteiger partial charge in [0, 0.05) is 61.3 Å². The monoisotopic (exact) mass is 940 g/mol. The molecule has 5 heterocycles. The van der Waals surface area contributed by atoms with Gasteiger partial charge in [-0.2, -0.15) is 0 Å². The number of fused-ring (bicyclic) bond motifs is 6. The molecule has 13 nitrogen and oxygen atoms in total. The van der Waals surface area contributed by atoms with Crippen molar-refractivity contribution in [2.45, 2.75) is 105 Å². The van der Waals surface area contributed by atoms with Gasteiger partial charge in [0.2, 0.25) is 17.7 Å². The van der Waals surface area contributed by atoms with Crippen LogP contribution in [-0.2, 0) is 49.8 Å². The van der Waals surface area contributed by atoms with Gasteiger partial charge in [0.1, 0.15) is 11.8 Å². The van der Waals surface area contributed by atoms with Crippen molar-refractivity contribution in [1.82, 2.24) is 35.0 Å². The van der Waals surface area contributed by atoms with Gasteiger partial charge in [-0.1, -0.05) is 77.3 Å². The highest BCUT2D eigenvalue weighted by atomic mass is 16.5. The molecule has 1 aromatic heterocycles. The summed E-state index contributed by atoms with van der Waals surface area (Å²) >= 11 is 0. The summed E-state index contributed by atoms with van der Waals surface area (Å²) in [6.45, 7) is 24.7. The number of hydrogen-bond acceptors (Lipinski definition) is 9. The number of hydrazine groups is 1. The molecule has 4 aliphatic rings. The molecule has 4 atom stereocenters. The first-order valence-electron chi connectivity index (χ1n) is 25.2. The number of likely N-dealkylation sites (N-methyl/N-ethyl adjacent to an activating group) is 1. The fourth-order valence-corrected chi connectivity index (χ4v) is 11.3. The van der Waals surface area contributed by atoms with E-state index in [1.54, 1.807) is 17.0 Å². The van der Waals surface area contributed by atoms with Gasteiger partial charge in [-0.15, -0.1) is 0 Å². The Labute approximate surface area is 408 Å². The van der Waals surface area contributed by atoms with Gasteiger partial charge in [0.15, 0.2) is 0 Å². The standard InChI is InChI=1S/C56H73N7O6/c1-9-50(65)61-25-21-39(34-61)32-59(8)51(36(3)4)53(66)57-37(5)45-28-40-26-43(29-44(64)27-40)42-19-20-49-46(30-42)47(31-56(6,7)35-69-55(68)48-14-13-24-63(58-48)54(45)67)52(62(49)10-2)41-17-15-38(16-18-41)33-60-22-11-12-23-60/h9,15-20,26-27,29-30,36,39,45,48,51,58,64H,1,5,10-14,21-25,28,31-35H2,2-4,6-8H3,(H,57,66)/t39-,45-,48+,51+/m1/s1. The second kappa shape index (κ2) is 21.1. The third kappa shape index (κ3) is 11.2. The number of likely N-dealkylation sites (tertiary alicyclic amines) is 2. The number of benzene rings is 3. The molecule has 0 saturated carbocycles. The number of ether oxygens (including phenoxy) is 1. The molecule has 8 rings (SSSR count). The molecule has 13 heteroatoms. The lowest BCUT2D eigenvalue weighted by atomic mass is 9.84. The largest absolute Gasteiger partial charge is 0.508 e. The van der Waals surface area contributed by atoms with Crippen LogP contribution in [0.25, 0.3) is 33.3 Å². The molecule has 0 spiro atoms. The minimum Gasteiger partial charge on any atom is -0.508 e. The molecule has 0 unspecified atom stereocenters. The van der Waals surface area contributed by atoms with Gasteiger partial charge in [0.25, 0.3) is 0 Å². The zero-order valence-electron chi connectivity index (χ0n) is 41.7. The molecular formula is C56H73N7O6. The molecule has 6 bridgehead atoms. The van der Waals surface area contributed by atoms with Crippen LogP contribution in [0, 0.1) is 23.2 Å². The van der Waals surface area contributed by atoms with E-state index in [1.807, 2.05) is 31.9 Å². The normalized spacial score (nSPS) is 21.7. The van der Waals surface area contributed by atoms with Crippen molar-refractivity contribution in [3.8, 4) is 28.1 Å². The van der Waals surface area contributed by atoms with E-state index in [9.17, 15) is 24.3 Å². The fraction of sp³-hybridized carbons (Fsp3) is 0.500. The predicted molar refractivity (Wildman–Crippen MR) is 272 cm³/mol. The Balaban J connectivity index is 1.14. The first-order valence-corrected chi connectivity index (χ1v) is 25.2. The lowest BCUT2D eigenvalue weighted by molar-refractivity contribution is -0.155. The van der Waals surface area contributed by atoms with E-state index in [1.165, 1.54) is 35.1 Å². The molecule has 3 fully saturated rings. The van der Waals surface area contributed by atoms with Crippen LogP contribution in [0.3, 0.4) is 0 Å². The number of nitrogens with one attached hydrogen (secondary N) is 2. The zero-order valence-corrected chi connectivity index (χ0v) is 41.7. The highest BCUT2D eigenvalue weighted by Gasteiger charge is 2.38. The summed E-state index contributed by atoms with van der Waals surface area (Å²) in [6, 6.07) is 19.6. The summed E-state index contributed by atoms with van der Waals surface area (Å²) in [7, 11) is 1.92. The number of aromatic nitrogens is 1. The molecule has 69 heavy (non-hydrogen) atoms. The number of cyclic esters (lactones) is 1. The average Bonchev–Trinajstić information content (AvgIpc) is 4.09. The maximum Gasteiger partial charge on any atom is 0.324 e. The Morgan fingerprint density at radius 1 is 0.971 bits per heavy atom. The maximum absolute atomic E-state index is 14.8. The van der Waals surface area contributed by atoms with Gasteiger partial charge < -0.3 is 24.6 Å². The fourth-order valence-electron chi connectivity index (χ4n) is 11.3. The first kappa shape index (κ1) is 49.7. The van der Waals surface area contributed by atoms with Crippen molar-refractivity contribution in [3.63, 3.8) is 0 Å². The molecule has 3 N–H and O–H groups in total. The summed E-state index contributed by atoms with van der Waals surface area (Å²) in [5.74, 6) is -1.93. The average molecular weight is 940 g/mol. The summed E-state index contributed by atoms with van der Waals surface area (Å²) in [4.78, 5) is 61.8. The third-order valence-corrected chi connectivity index (χ3v) is 14.8. The van der Waals surface area contributed by atoms with E-state index in [0.29, 0.717) is 51.0 Å². The van der Waals surface area contributed by atoms with E-state index in [2.05, 4.69) is 96.6 Å². The molecule has 4 aromatic rings. The SMILES string of the molecule is C=CC(=O)N1CC[C@H](CN(C)[C@H](C(=O)NC(=C)[C@H]2Cc3cc(O)cc(c3)-c3ccc4c(c3)c(c(-c3ccc(CN5CCCC5)cc3)n4CC)CC(C)(C)COC(=O)[C@@H]3CCCN(N3)C2=O)C(C)C)C1. The number of phenols is 1. The van der Waals surface area contributed by atoms with Crippen molar-refractivity contribution in [2.75, 3.05) is 52.9 Å². The topological polar surface area (TPSA) is 140 Å². The molecule has 4 aliphatic heterocycles. The Hall–Kier alpha value is -5.76. The quantitative estimate of drug-likeness (QED) is 0.0964. The number of amides is 3. The number of esters is 1. The molecular weight excluding hydrogens is 867 g/mol. The van der Waals surface area contributed by atoms with Crippen LogP contribution < -0.4 is 10.7 Å². The lowest BCUT2D eigenvalue weighted by Gasteiger charge is -2.36. The van der Waals surface area contributed by atoms with Gasteiger partial charge in [-0.25, -0.2) is 5.43 Å². The van der Waals surface area contributed by atoms with Gasteiger partial charge in [-0.3, -0.25) is 34.0 Å². The number of rotatable bonds is 12. The molecule has 0 aliphatic carbocycles. The van der Waals surface area contributed by atoms with Crippen LogP contribution in [0.2, 0.25) is 0 Å². The number of aromatic hydroxyl groups is 1. The minimum atomic E-state index is -0.952. The Bertz CT molecular complexity index is 2570. The molecule has 3 amide bonds. The zero-order chi connectivity index (χ0) is 49.1. The van der Waals surface area contributed by atoms with Crippen molar-refractivity contribution in [1.29, 1.82) is 0 Å². The van der Waals surface area contributed by atoms with E-state index < -0.39 is 29.4 Å². The Morgan fingerprint density at radius 2 is 1.71 bits per heavy atom. The summed E-state index contributed by atoms with van der Waals surface area (Å²) < 4.78 is 8.55. The number of hydrogen-bond donors (Lipinski definition) is 3. The van der Waals surface area contributed by atoms with Gasteiger partial charge in [-0.05, 0) is 148 Å². The van der Waals surface area contributed by atoms with Crippen molar-refractivity contribution < 1.29 is 29.0 Å². The second-order valence-electron chi connectivity index (χ2n) is 21.2. The van der Waals surface area contributed by atoms with Crippen LogP contribution in [0.5, 0.6) is 5.75 Å². The number of carbonyl (C=O) groups excluding carboxylic acids is 4. The van der Waals surface area contributed by atoms with Crippen molar-refractivity contribution >= 4 is 34.6 Å². The maximum atomic E-state index is 14.8. The summed E-state index contributed by atoms with van der Waals surface area (Å²) in [5.41, 5.74) is 11.2. The smallest absolute Gasteiger partial charge is 0.324 e. The van der Waals surface area contributed by atoms with Crippen LogP contribution in [-0.4, -0.2) is 118 Å². The van der Waals surface area contributed by atoms with Crippen LogP contribution in [0.4, 0.5) is 0 Å². The van der Waals surface area contributed by atoms with Gasteiger partial charge >= 0.3 is 5.97 Å². The number of nitrogens with zero attached hydrogens (tertiary/aromatic N) is 5. The van der Waals surface area contributed by atoms with E-state index in [-0.39, 0.29) is 54.0 Å². The Kier molecular flexibility index (Phi) is 15.2. The Morgan fingerprint density at radius 3 is 2.42 bits per heavy atom. The van der Waals surface area contributed by atoms with Gasteiger partial charge in [0.05, 0.1) is 24.3 Å². The third-order valence-electron chi connectivity index (χ3n) is 14.8. The summed E-state index contributed by atoms with van der Waals surface area (Å²) in [5, 5.41) is 17.0. The molecule has 3 aromatic carbocycles. The van der Waals surface area contributed by atoms with Crippen LogP contribution >= 0.6 is 0 Å². The number of aryl methyl sites for hydroxylation is 1. The number of carbonyl (C=O) groups is 4. The van der Waals surface area contributed by atoms with E-state index in [4.69, 9.17) is 4.74 Å². The lowest BCUT2D eigenvalue weighted by Crippen LogP contribution is -2.58. The predicted octanol–water partition coefficient (Wildman–Crippen LogP) is 7.70. The second-order valence-corrected chi connectivity index (χ2v) is 21.2. The highest BCUT2D eigenvalue weighted by Crippen LogP contribution is 2.41. The first-order chi connectivity index (χ1) is 33.0. The van der Waals surface area contributed by atoms with E-state index >= 15 is 0 Å². The van der Waals surface area contributed by atoms with Crippen molar-refractivity contribution in [2.24, 2.45) is 23.2 Å². The molecule has 3 saturated heterocycles. The molecule has 368 valence electrons. The number of phenolic OH excluding ortho intramolecular Hbond substituents is 1. The van der Waals surface area contributed by atoms with E-state index in [0.717, 1.165) is 65.9 Å². The summed E-state index contributed by atoms with van der Waals surface area (Å²) in [6.07, 6.45) is 6.49. The van der Waals surface area contributed by atoms with Crippen molar-refractivity contribution in [3.05, 3.63) is 102 Å². The van der Waals surface area contributed by atoms with Crippen LogP contribution in [0.15, 0.2) is 85.6 Å². The minimum absolute atomic E-state index is 0.0562.